The topological polar surface area (TPSA) is 30.5 Å². The Morgan fingerprint density at radius 3 is 2.25 bits per heavy atom. The highest BCUT2D eigenvalue weighted by molar-refractivity contribution is 6.31. The second-order valence-electron chi connectivity index (χ2n) is 3.08. The molecular formula is C11H17Cl2NO2. The van der Waals surface area contributed by atoms with Crippen LogP contribution in [0.2, 0.25) is 5.02 Å². The molecule has 0 spiro atoms. The molecule has 1 aromatic carbocycles. The van der Waals surface area contributed by atoms with Crippen molar-refractivity contribution in [3.8, 4) is 11.5 Å². The summed E-state index contributed by atoms with van der Waals surface area (Å²) < 4.78 is 10.3. The number of rotatable bonds is 5. The van der Waals surface area contributed by atoms with Gasteiger partial charge in [0.15, 0.2) is 11.5 Å². The molecule has 0 aliphatic carbocycles. The number of hydrogen-bond donors (Lipinski definition) is 1. The zero-order chi connectivity index (χ0) is 11.3. The van der Waals surface area contributed by atoms with Crippen LogP contribution < -0.4 is 14.8 Å². The quantitative estimate of drug-likeness (QED) is 0.888. The van der Waals surface area contributed by atoms with Crippen LogP contribution in [-0.2, 0) is 6.54 Å². The van der Waals surface area contributed by atoms with E-state index >= 15 is 0 Å². The van der Waals surface area contributed by atoms with E-state index in [4.69, 9.17) is 21.1 Å². The van der Waals surface area contributed by atoms with Crippen molar-refractivity contribution in [2.75, 3.05) is 20.8 Å². The summed E-state index contributed by atoms with van der Waals surface area (Å²) in [5.74, 6) is 1.36. The Balaban J connectivity index is 0.00000225. The summed E-state index contributed by atoms with van der Waals surface area (Å²) in [6.45, 7) is 3.69. The lowest BCUT2D eigenvalue weighted by atomic mass is 10.2. The van der Waals surface area contributed by atoms with Gasteiger partial charge in [-0.1, -0.05) is 18.5 Å². The highest BCUT2D eigenvalue weighted by Crippen LogP contribution is 2.32. The Kier molecular flexibility index (Phi) is 7.30. The Bertz CT molecular complexity index is 332. The summed E-state index contributed by atoms with van der Waals surface area (Å²) in [7, 11) is 3.21. The maximum absolute atomic E-state index is 6.10. The van der Waals surface area contributed by atoms with Gasteiger partial charge in [0.2, 0.25) is 0 Å². The predicted molar refractivity (Wildman–Crippen MR) is 69.2 cm³/mol. The fourth-order valence-corrected chi connectivity index (χ4v) is 1.51. The lowest BCUT2D eigenvalue weighted by Gasteiger charge is -2.11. The molecule has 0 aromatic heterocycles. The molecule has 0 aliphatic heterocycles. The smallest absolute Gasteiger partial charge is 0.162 e. The average Bonchev–Trinajstić information content (AvgIpc) is 2.27. The molecule has 16 heavy (non-hydrogen) atoms. The van der Waals surface area contributed by atoms with Gasteiger partial charge < -0.3 is 14.8 Å². The normalized spacial score (nSPS) is 9.50. The molecule has 1 N–H and O–H groups in total. The van der Waals surface area contributed by atoms with Crippen LogP contribution in [0.25, 0.3) is 0 Å². The Morgan fingerprint density at radius 1 is 1.19 bits per heavy atom. The first-order valence-electron chi connectivity index (χ1n) is 4.84. The third-order valence-electron chi connectivity index (χ3n) is 2.12. The van der Waals surface area contributed by atoms with Gasteiger partial charge in [-0.2, -0.15) is 0 Å². The Labute approximate surface area is 107 Å². The number of benzene rings is 1. The van der Waals surface area contributed by atoms with E-state index < -0.39 is 0 Å². The van der Waals surface area contributed by atoms with Gasteiger partial charge in [-0.05, 0) is 18.2 Å². The van der Waals surface area contributed by atoms with E-state index in [0.29, 0.717) is 16.5 Å². The monoisotopic (exact) mass is 265 g/mol. The number of ether oxygens (including phenoxy) is 2. The number of nitrogens with one attached hydrogen (secondary N) is 1. The molecule has 0 unspecified atom stereocenters. The zero-order valence-corrected chi connectivity index (χ0v) is 11.2. The maximum Gasteiger partial charge on any atom is 0.162 e. The molecule has 0 radical (unpaired) electrons. The van der Waals surface area contributed by atoms with Crippen molar-refractivity contribution in [2.24, 2.45) is 0 Å². The summed E-state index contributed by atoms with van der Waals surface area (Å²) in [6, 6.07) is 3.66. The highest BCUT2D eigenvalue weighted by Gasteiger charge is 2.08. The molecule has 0 saturated carbocycles. The van der Waals surface area contributed by atoms with Crippen molar-refractivity contribution in [3.63, 3.8) is 0 Å². The minimum atomic E-state index is 0. The third-order valence-corrected chi connectivity index (χ3v) is 2.47. The van der Waals surface area contributed by atoms with Crippen molar-refractivity contribution < 1.29 is 9.47 Å². The third kappa shape index (κ3) is 3.74. The Hall–Kier alpha value is -0.640. The lowest BCUT2D eigenvalue weighted by Crippen LogP contribution is -2.12. The SMILES string of the molecule is CCNCc1cc(OC)c(OC)cc1Cl.Cl. The molecule has 1 rings (SSSR count). The van der Waals surface area contributed by atoms with Crippen molar-refractivity contribution >= 4 is 24.0 Å². The summed E-state index contributed by atoms with van der Waals surface area (Å²) in [4.78, 5) is 0. The largest absolute Gasteiger partial charge is 0.493 e. The van der Waals surface area contributed by atoms with Crippen molar-refractivity contribution in [1.82, 2.24) is 5.32 Å². The van der Waals surface area contributed by atoms with Crippen LogP contribution in [0.15, 0.2) is 12.1 Å². The molecule has 0 atom stereocenters. The minimum absolute atomic E-state index is 0. The van der Waals surface area contributed by atoms with E-state index in [-0.39, 0.29) is 12.4 Å². The van der Waals surface area contributed by atoms with E-state index in [2.05, 4.69) is 12.2 Å². The molecule has 0 saturated heterocycles. The number of hydrogen-bond acceptors (Lipinski definition) is 3. The van der Waals surface area contributed by atoms with Crippen LogP contribution in [-0.4, -0.2) is 20.8 Å². The summed E-state index contributed by atoms with van der Waals surface area (Å²) in [5, 5.41) is 3.90. The number of halogens is 2. The molecule has 5 heteroatoms. The van der Waals surface area contributed by atoms with Crippen molar-refractivity contribution in [3.05, 3.63) is 22.7 Å². The number of methoxy groups -OCH3 is 2. The molecule has 0 amide bonds. The predicted octanol–water partition coefficient (Wildman–Crippen LogP) is 2.89. The van der Waals surface area contributed by atoms with E-state index in [0.717, 1.165) is 18.7 Å². The standard InChI is InChI=1S/C11H16ClNO2.ClH/c1-4-13-7-8-5-10(14-2)11(15-3)6-9(8)12;/h5-6,13H,4,7H2,1-3H3;1H. The fourth-order valence-electron chi connectivity index (χ4n) is 1.29. The summed E-state index contributed by atoms with van der Waals surface area (Å²) in [5.41, 5.74) is 1.01. The zero-order valence-electron chi connectivity index (χ0n) is 9.67. The van der Waals surface area contributed by atoms with Gasteiger partial charge in [0.05, 0.1) is 14.2 Å². The van der Waals surface area contributed by atoms with Gasteiger partial charge in [0.25, 0.3) is 0 Å². The second-order valence-corrected chi connectivity index (χ2v) is 3.49. The van der Waals surface area contributed by atoms with Gasteiger partial charge >= 0.3 is 0 Å². The second kappa shape index (κ2) is 7.60. The van der Waals surface area contributed by atoms with E-state index in [9.17, 15) is 0 Å². The molecule has 0 aliphatic rings. The first-order valence-corrected chi connectivity index (χ1v) is 5.21. The van der Waals surface area contributed by atoms with E-state index in [1.807, 2.05) is 6.07 Å². The average molecular weight is 266 g/mol. The van der Waals surface area contributed by atoms with Gasteiger partial charge in [0, 0.05) is 17.6 Å². The van der Waals surface area contributed by atoms with Gasteiger partial charge in [-0.3, -0.25) is 0 Å². The van der Waals surface area contributed by atoms with Crippen molar-refractivity contribution in [1.29, 1.82) is 0 Å². The van der Waals surface area contributed by atoms with Crippen LogP contribution >= 0.6 is 24.0 Å². The molecular weight excluding hydrogens is 249 g/mol. The van der Waals surface area contributed by atoms with Crippen LogP contribution in [0.4, 0.5) is 0 Å². The van der Waals surface area contributed by atoms with Gasteiger partial charge in [0.1, 0.15) is 0 Å². The van der Waals surface area contributed by atoms with Crippen LogP contribution in [0.3, 0.4) is 0 Å². The molecule has 0 bridgehead atoms. The molecule has 0 fully saturated rings. The molecule has 92 valence electrons. The van der Waals surface area contributed by atoms with Gasteiger partial charge in [-0.15, -0.1) is 12.4 Å². The summed E-state index contributed by atoms with van der Waals surface area (Å²) in [6.07, 6.45) is 0. The molecule has 1 aromatic rings. The first-order chi connectivity index (χ1) is 7.22. The lowest BCUT2D eigenvalue weighted by molar-refractivity contribution is 0.354. The fraction of sp³-hybridized carbons (Fsp3) is 0.455. The first kappa shape index (κ1) is 15.4. The van der Waals surface area contributed by atoms with Crippen molar-refractivity contribution in [2.45, 2.75) is 13.5 Å². The Morgan fingerprint density at radius 2 is 1.75 bits per heavy atom. The molecule has 3 nitrogen and oxygen atoms in total. The van der Waals surface area contributed by atoms with E-state index in [1.165, 1.54) is 0 Å². The molecule has 0 heterocycles. The highest BCUT2D eigenvalue weighted by atomic mass is 35.5. The minimum Gasteiger partial charge on any atom is -0.493 e. The van der Waals surface area contributed by atoms with Gasteiger partial charge in [-0.25, -0.2) is 0 Å². The maximum atomic E-state index is 6.10. The van der Waals surface area contributed by atoms with Crippen LogP contribution in [0, 0.1) is 0 Å². The van der Waals surface area contributed by atoms with Crippen LogP contribution in [0.5, 0.6) is 11.5 Å². The van der Waals surface area contributed by atoms with E-state index in [1.54, 1.807) is 20.3 Å². The van der Waals surface area contributed by atoms with Crippen LogP contribution in [0.1, 0.15) is 12.5 Å². The summed E-state index contributed by atoms with van der Waals surface area (Å²) >= 11 is 6.10.